The molecule has 0 aromatic heterocycles. The summed E-state index contributed by atoms with van der Waals surface area (Å²) >= 11 is 0. The second kappa shape index (κ2) is 5.81. The van der Waals surface area contributed by atoms with Crippen molar-refractivity contribution >= 4 is 11.9 Å². The number of nitrogens with zero attached hydrogens (tertiary/aromatic N) is 2. The Morgan fingerprint density at radius 1 is 1.18 bits per heavy atom. The number of imide groups is 1. The summed E-state index contributed by atoms with van der Waals surface area (Å²) in [5.74, 6) is 0.182. The van der Waals surface area contributed by atoms with E-state index in [-0.39, 0.29) is 30.1 Å². The van der Waals surface area contributed by atoms with Crippen molar-refractivity contribution in [2.75, 3.05) is 19.8 Å². The Labute approximate surface area is 132 Å². The lowest BCUT2D eigenvalue weighted by Crippen LogP contribution is -2.55. The summed E-state index contributed by atoms with van der Waals surface area (Å²) in [6, 6.07) is -0.231. The molecule has 3 fully saturated rings. The number of nitrogens with one attached hydrogen (secondary N) is 1. The lowest BCUT2D eigenvalue weighted by molar-refractivity contribution is -0.138. The van der Waals surface area contributed by atoms with Crippen LogP contribution in [0, 0.1) is 5.92 Å². The van der Waals surface area contributed by atoms with Crippen molar-refractivity contribution in [3.05, 3.63) is 0 Å². The molecule has 2 heterocycles. The summed E-state index contributed by atoms with van der Waals surface area (Å²) in [6.45, 7) is 8.02. The number of hydrogen-bond acceptors (Lipinski definition) is 4. The summed E-state index contributed by atoms with van der Waals surface area (Å²) in [6.07, 6.45) is 4.19. The lowest BCUT2D eigenvalue weighted by atomic mass is 9.73. The van der Waals surface area contributed by atoms with Crippen molar-refractivity contribution in [3.63, 3.8) is 0 Å². The minimum Gasteiger partial charge on any atom is -0.373 e. The van der Waals surface area contributed by atoms with Crippen LogP contribution in [0.3, 0.4) is 0 Å². The molecule has 0 bridgehead atoms. The van der Waals surface area contributed by atoms with E-state index in [1.165, 1.54) is 4.90 Å². The minimum absolute atomic E-state index is 0.0310. The van der Waals surface area contributed by atoms with E-state index in [1.54, 1.807) is 0 Å². The highest BCUT2D eigenvalue weighted by molar-refractivity contribution is 6.07. The molecule has 6 nitrogen and oxygen atoms in total. The van der Waals surface area contributed by atoms with E-state index < -0.39 is 5.54 Å². The van der Waals surface area contributed by atoms with E-state index in [2.05, 4.69) is 17.1 Å². The molecular weight excluding hydrogens is 282 g/mol. The van der Waals surface area contributed by atoms with Crippen molar-refractivity contribution in [2.24, 2.45) is 5.92 Å². The maximum atomic E-state index is 12.9. The minimum atomic E-state index is -0.654. The predicted octanol–water partition coefficient (Wildman–Crippen LogP) is 1.55. The zero-order chi connectivity index (χ0) is 15.9. The molecule has 3 rings (SSSR count). The average Bonchev–Trinajstić information content (AvgIpc) is 2.67. The molecule has 1 aliphatic carbocycles. The summed E-state index contributed by atoms with van der Waals surface area (Å²) in [7, 11) is 0. The number of hydrogen-bond donors (Lipinski definition) is 1. The van der Waals surface area contributed by atoms with Gasteiger partial charge in [-0.2, -0.15) is 0 Å². The molecule has 1 saturated carbocycles. The molecule has 0 radical (unpaired) electrons. The highest BCUT2D eigenvalue weighted by Gasteiger charge is 2.55. The van der Waals surface area contributed by atoms with Gasteiger partial charge < -0.3 is 10.1 Å². The summed E-state index contributed by atoms with van der Waals surface area (Å²) < 4.78 is 5.72. The topological polar surface area (TPSA) is 61.9 Å². The molecule has 1 spiro atoms. The Balaban J connectivity index is 1.72. The zero-order valence-electron chi connectivity index (χ0n) is 13.8. The standard InChI is InChI=1S/C16H27N3O3/c1-11-6-4-5-7-16(11)14(20)19(15(21)17-16)10-18-8-12(2)22-13(3)9-18/h11-13H,4-10H2,1-3H3,(H,17,21)/t11-,12+,13+,16-/m0/s1. The molecule has 3 aliphatic rings. The molecule has 1 N–H and O–H groups in total. The molecule has 2 aliphatic heterocycles. The summed E-state index contributed by atoms with van der Waals surface area (Å²) in [5.41, 5.74) is -0.654. The SMILES string of the molecule is C[C@@H]1CN(CN2C(=O)N[C@]3(CCCC[C@@H]3C)C2=O)C[C@@H](C)O1. The van der Waals surface area contributed by atoms with Gasteiger partial charge in [-0.25, -0.2) is 9.69 Å². The van der Waals surface area contributed by atoms with Gasteiger partial charge in [0.1, 0.15) is 5.54 Å². The number of carbonyl (C=O) groups is 2. The van der Waals surface area contributed by atoms with Gasteiger partial charge in [-0.3, -0.25) is 9.69 Å². The monoisotopic (exact) mass is 309 g/mol. The molecule has 3 amide bonds. The van der Waals surface area contributed by atoms with Crippen molar-refractivity contribution in [1.82, 2.24) is 15.1 Å². The van der Waals surface area contributed by atoms with Gasteiger partial charge in [-0.1, -0.05) is 19.8 Å². The molecule has 124 valence electrons. The third kappa shape index (κ3) is 2.63. The quantitative estimate of drug-likeness (QED) is 0.786. The van der Waals surface area contributed by atoms with E-state index in [0.717, 1.165) is 38.8 Å². The first-order valence-corrected chi connectivity index (χ1v) is 8.44. The number of amides is 3. The Morgan fingerprint density at radius 3 is 2.50 bits per heavy atom. The number of carbonyl (C=O) groups excluding carboxylic acids is 2. The fraction of sp³-hybridized carbons (Fsp3) is 0.875. The summed E-state index contributed by atoms with van der Waals surface area (Å²) in [5, 5.41) is 3.01. The van der Waals surface area contributed by atoms with Gasteiger partial charge in [0, 0.05) is 13.1 Å². The third-order valence-electron chi connectivity index (χ3n) is 5.34. The van der Waals surface area contributed by atoms with Crippen LogP contribution >= 0.6 is 0 Å². The predicted molar refractivity (Wildman–Crippen MR) is 82.2 cm³/mol. The lowest BCUT2D eigenvalue weighted by Gasteiger charge is -2.38. The van der Waals surface area contributed by atoms with Crippen LogP contribution < -0.4 is 5.32 Å². The molecule has 0 aromatic rings. The average molecular weight is 309 g/mol. The van der Waals surface area contributed by atoms with Crippen molar-refractivity contribution in [3.8, 4) is 0 Å². The molecule has 4 atom stereocenters. The van der Waals surface area contributed by atoms with Crippen LogP contribution in [-0.2, 0) is 9.53 Å². The maximum absolute atomic E-state index is 12.9. The summed E-state index contributed by atoms with van der Waals surface area (Å²) in [4.78, 5) is 28.9. The Kier molecular flexibility index (Phi) is 4.16. The van der Waals surface area contributed by atoms with Gasteiger partial charge >= 0.3 is 6.03 Å². The smallest absolute Gasteiger partial charge is 0.326 e. The Hall–Kier alpha value is -1.14. The van der Waals surface area contributed by atoms with Crippen LogP contribution in [0.1, 0.15) is 46.5 Å². The van der Waals surface area contributed by atoms with Crippen LogP contribution in [-0.4, -0.2) is 59.2 Å². The molecule has 0 aromatic carbocycles. The van der Waals surface area contributed by atoms with E-state index >= 15 is 0 Å². The van der Waals surface area contributed by atoms with E-state index in [9.17, 15) is 9.59 Å². The van der Waals surface area contributed by atoms with Crippen LogP contribution in [0.15, 0.2) is 0 Å². The van der Waals surface area contributed by atoms with Crippen LogP contribution in [0.25, 0.3) is 0 Å². The van der Waals surface area contributed by atoms with Gasteiger partial charge in [0.05, 0.1) is 18.9 Å². The first-order valence-electron chi connectivity index (χ1n) is 8.44. The Morgan fingerprint density at radius 2 is 1.86 bits per heavy atom. The number of morpholine rings is 1. The number of ether oxygens (including phenoxy) is 1. The molecule has 6 heteroatoms. The van der Waals surface area contributed by atoms with Crippen molar-refractivity contribution in [1.29, 1.82) is 0 Å². The second-order valence-electron chi connectivity index (χ2n) is 7.22. The van der Waals surface area contributed by atoms with E-state index in [1.807, 2.05) is 13.8 Å². The van der Waals surface area contributed by atoms with Gasteiger partial charge in [0.15, 0.2) is 0 Å². The molecule has 22 heavy (non-hydrogen) atoms. The first-order chi connectivity index (χ1) is 10.4. The van der Waals surface area contributed by atoms with E-state index in [4.69, 9.17) is 4.74 Å². The fourth-order valence-corrected chi connectivity index (χ4v) is 4.22. The third-order valence-corrected chi connectivity index (χ3v) is 5.34. The first kappa shape index (κ1) is 15.7. The zero-order valence-corrected chi connectivity index (χ0v) is 13.8. The van der Waals surface area contributed by atoms with Crippen molar-refractivity contribution in [2.45, 2.75) is 64.2 Å². The molecular formula is C16H27N3O3. The fourth-order valence-electron chi connectivity index (χ4n) is 4.22. The van der Waals surface area contributed by atoms with Crippen LogP contribution in [0.2, 0.25) is 0 Å². The number of rotatable bonds is 2. The van der Waals surface area contributed by atoms with Gasteiger partial charge in [-0.15, -0.1) is 0 Å². The second-order valence-corrected chi connectivity index (χ2v) is 7.22. The maximum Gasteiger partial charge on any atom is 0.326 e. The number of urea groups is 1. The van der Waals surface area contributed by atoms with Gasteiger partial charge in [-0.05, 0) is 32.6 Å². The largest absolute Gasteiger partial charge is 0.373 e. The highest BCUT2D eigenvalue weighted by atomic mass is 16.5. The van der Waals surface area contributed by atoms with Crippen LogP contribution in [0.4, 0.5) is 4.79 Å². The van der Waals surface area contributed by atoms with Crippen molar-refractivity contribution < 1.29 is 14.3 Å². The van der Waals surface area contributed by atoms with Gasteiger partial charge in [0.25, 0.3) is 5.91 Å². The van der Waals surface area contributed by atoms with Gasteiger partial charge in [0.2, 0.25) is 0 Å². The van der Waals surface area contributed by atoms with Crippen LogP contribution in [0.5, 0.6) is 0 Å². The highest BCUT2D eigenvalue weighted by Crippen LogP contribution is 2.38. The molecule has 2 saturated heterocycles. The van der Waals surface area contributed by atoms with E-state index in [0.29, 0.717) is 6.67 Å². The normalized spacial score (nSPS) is 40.3. The molecule has 0 unspecified atom stereocenters. The Bertz CT molecular complexity index is 460.